The Morgan fingerprint density at radius 2 is 1.91 bits per heavy atom. The third-order valence-corrected chi connectivity index (χ3v) is 4.46. The van der Waals surface area contributed by atoms with Gasteiger partial charge in [-0.05, 0) is 48.4 Å². The van der Waals surface area contributed by atoms with E-state index in [4.69, 9.17) is 9.47 Å². The number of anilines is 1. The molecule has 0 atom stereocenters. The number of aromatic nitrogens is 2. The third kappa shape index (κ3) is 6.64. The van der Waals surface area contributed by atoms with Crippen LogP contribution in [0, 0.1) is 0 Å². The van der Waals surface area contributed by atoms with Crippen molar-refractivity contribution in [2.24, 2.45) is 0 Å². The van der Waals surface area contributed by atoms with E-state index in [9.17, 15) is 22.8 Å². The molecule has 7 nitrogen and oxygen atoms in total. The van der Waals surface area contributed by atoms with Crippen LogP contribution in [0.15, 0.2) is 61.1 Å². The first kappa shape index (κ1) is 24.4. The Balaban J connectivity index is 1.75. The molecule has 34 heavy (non-hydrogen) atoms. The molecule has 0 saturated carbocycles. The van der Waals surface area contributed by atoms with Crippen LogP contribution >= 0.6 is 0 Å². The predicted octanol–water partition coefficient (Wildman–Crippen LogP) is 5.08. The summed E-state index contributed by atoms with van der Waals surface area (Å²) in [5.74, 6) is 0.0477. The highest BCUT2D eigenvalue weighted by molar-refractivity contribution is 6.02. The third-order valence-electron chi connectivity index (χ3n) is 4.46. The number of ether oxygens (including phenoxy) is 2. The van der Waals surface area contributed by atoms with E-state index in [2.05, 4.69) is 15.3 Å². The number of carbonyl (C=O) groups is 2. The number of methoxy groups -OCH3 is 1. The molecule has 0 aliphatic rings. The molecule has 2 aromatic carbocycles. The lowest BCUT2D eigenvalue weighted by Gasteiger charge is -2.13. The summed E-state index contributed by atoms with van der Waals surface area (Å²) in [6, 6.07) is 9.56. The molecule has 1 heterocycles. The van der Waals surface area contributed by atoms with Crippen LogP contribution in [0.25, 0.3) is 6.08 Å². The molecule has 0 bridgehead atoms. The molecule has 0 radical (unpaired) electrons. The lowest BCUT2D eigenvalue weighted by atomic mass is 10.1. The van der Waals surface area contributed by atoms with Gasteiger partial charge in [0.15, 0.2) is 11.5 Å². The molecule has 0 saturated heterocycles. The SMILES string of the molecule is COc1cc(CC(C)=O)ccc1Oc1ncncc1NC(=O)C=Cc1cccc(C(F)(F)F)c1. The minimum absolute atomic E-state index is 0.00490. The van der Waals surface area contributed by atoms with Gasteiger partial charge < -0.3 is 14.8 Å². The summed E-state index contributed by atoms with van der Waals surface area (Å²) in [7, 11) is 1.45. The van der Waals surface area contributed by atoms with Crippen molar-refractivity contribution in [3.8, 4) is 17.4 Å². The highest BCUT2D eigenvalue weighted by Gasteiger charge is 2.30. The number of rotatable bonds is 8. The quantitative estimate of drug-likeness (QED) is 0.461. The van der Waals surface area contributed by atoms with E-state index in [0.29, 0.717) is 11.5 Å². The predicted molar refractivity (Wildman–Crippen MR) is 119 cm³/mol. The Bertz CT molecular complexity index is 1230. The van der Waals surface area contributed by atoms with Gasteiger partial charge >= 0.3 is 6.18 Å². The van der Waals surface area contributed by atoms with Gasteiger partial charge in [-0.2, -0.15) is 18.2 Å². The van der Waals surface area contributed by atoms with Crippen LogP contribution in [-0.2, 0) is 22.2 Å². The maximum atomic E-state index is 12.9. The summed E-state index contributed by atoms with van der Waals surface area (Å²) in [5, 5.41) is 2.54. The lowest BCUT2D eigenvalue weighted by Crippen LogP contribution is -2.10. The maximum Gasteiger partial charge on any atom is 0.416 e. The monoisotopic (exact) mass is 471 g/mol. The van der Waals surface area contributed by atoms with Gasteiger partial charge in [0.25, 0.3) is 0 Å². The molecule has 3 rings (SSSR count). The summed E-state index contributed by atoms with van der Waals surface area (Å²) >= 11 is 0. The second-order valence-electron chi connectivity index (χ2n) is 7.15. The van der Waals surface area contributed by atoms with Crippen molar-refractivity contribution < 1.29 is 32.2 Å². The topological polar surface area (TPSA) is 90.4 Å². The number of nitrogens with zero attached hydrogens (tertiary/aromatic N) is 2. The van der Waals surface area contributed by atoms with Gasteiger partial charge in [-0.1, -0.05) is 18.2 Å². The van der Waals surface area contributed by atoms with E-state index in [0.717, 1.165) is 23.8 Å². The fraction of sp³-hybridized carbons (Fsp3) is 0.167. The molecular weight excluding hydrogens is 451 g/mol. The smallest absolute Gasteiger partial charge is 0.416 e. The Hall–Kier alpha value is -4.21. The number of ketones is 1. The molecule has 1 aromatic heterocycles. The van der Waals surface area contributed by atoms with Gasteiger partial charge in [-0.25, -0.2) is 4.98 Å². The number of amides is 1. The zero-order chi connectivity index (χ0) is 24.7. The van der Waals surface area contributed by atoms with Crippen molar-refractivity contribution in [2.45, 2.75) is 19.5 Å². The molecule has 176 valence electrons. The van der Waals surface area contributed by atoms with Crippen molar-refractivity contribution in [1.82, 2.24) is 9.97 Å². The van der Waals surface area contributed by atoms with Gasteiger partial charge in [0.2, 0.25) is 11.8 Å². The first-order chi connectivity index (χ1) is 16.2. The maximum absolute atomic E-state index is 12.9. The van der Waals surface area contributed by atoms with Crippen LogP contribution in [-0.4, -0.2) is 28.8 Å². The normalized spacial score (nSPS) is 11.3. The number of hydrogen-bond acceptors (Lipinski definition) is 6. The molecule has 0 aliphatic carbocycles. The molecule has 1 N–H and O–H groups in total. The first-order valence-electron chi connectivity index (χ1n) is 9.96. The number of halogens is 3. The number of benzene rings is 2. The lowest BCUT2D eigenvalue weighted by molar-refractivity contribution is -0.137. The molecule has 0 spiro atoms. The van der Waals surface area contributed by atoms with Crippen molar-refractivity contribution in [1.29, 1.82) is 0 Å². The standard InChI is InChI=1S/C24H20F3N3O4/c1-15(31)10-17-6-8-20(21(12-17)33-2)34-23-19(13-28-14-29-23)30-22(32)9-7-16-4-3-5-18(11-16)24(25,26)27/h3-9,11-14H,10H2,1-2H3,(H,30,32). The number of carbonyl (C=O) groups excluding carboxylic acids is 2. The highest BCUT2D eigenvalue weighted by Crippen LogP contribution is 2.34. The average molecular weight is 471 g/mol. The fourth-order valence-electron chi connectivity index (χ4n) is 2.95. The second kappa shape index (κ2) is 10.6. The Morgan fingerprint density at radius 1 is 1.12 bits per heavy atom. The van der Waals surface area contributed by atoms with Crippen molar-refractivity contribution in [2.75, 3.05) is 12.4 Å². The summed E-state index contributed by atoms with van der Waals surface area (Å²) in [6.07, 6.45) is 0.638. The van der Waals surface area contributed by atoms with Crippen LogP contribution in [0.4, 0.5) is 18.9 Å². The van der Waals surface area contributed by atoms with Gasteiger partial charge in [0.05, 0.1) is 18.9 Å². The number of alkyl halides is 3. The van der Waals surface area contributed by atoms with Crippen molar-refractivity contribution in [3.05, 3.63) is 77.8 Å². The molecule has 1 amide bonds. The van der Waals surface area contributed by atoms with Crippen LogP contribution in [0.2, 0.25) is 0 Å². The minimum Gasteiger partial charge on any atom is -0.493 e. The summed E-state index contributed by atoms with van der Waals surface area (Å²) in [6.45, 7) is 1.48. The molecular formula is C24H20F3N3O4. The van der Waals surface area contributed by atoms with Gasteiger partial charge in [-0.15, -0.1) is 0 Å². The fourth-order valence-corrected chi connectivity index (χ4v) is 2.95. The average Bonchev–Trinajstić information content (AvgIpc) is 2.79. The van der Waals surface area contributed by atoms with Gasteiger partial charge in [-0.3, -0.25) is 9.59 Å². The Morgan fingerprint density at radius 3 is 2.62 bits per heavy atom. The molecule has 0 fully saturated rings. The van der Waals surface area contributed by atoms with E-state index < -0.39 is 17.6 Å². The highest BCUT2D eigenvalue weighted by atomic mass is 19.4. The van der Waals surface area contributed by atoms with E-state index in [1.54, 1.807) is 18.2 Å². The molecule has 10 heteroatoms. The summed E-state index contributed by atoms with van der Waals surface area (Å²) in [4.78, 5) is 31.6. The van der Waals surface area contributed by atoms with Crippen LogP contribution in [0.5, 0.6) is 17.4 Å². The Kier molecular flexibility index (Phi) is 7.62. The zero-order valence-corrected chi connectivity index (χ0v) is 18.2. The van der Waals surface area contributed by atoms with E-state index in [1.807, 2.05) is 0 Å². The Labute approximate surface area is 193 Å². The van der Waals surface area contributed by atoms with Crippen LogP contribution in [0.3, 0.4) is 0 Å². The molecule has 0 aliphatic heterocycles. The summed E-state index contributed by atoms with van der Waals surface area (Å²) in [5.41, 5.74) is 0.273. The molecule has 3 aromatic rings. The number of hydrogen-bond donors (Lipinski definition) is 1. The largest absolute Gasteiger partial charge is 0.493 e. The van der Waals surface area contributed by atoms with Crippen molar-refractivity contribution in [3.63, 3.8) is 0 Å². The number of nitrogens with one attached hydrogen (secondary N) is 1. The number of Topliss-reactive ketones (excluding diaryl/α,β-unsaturated/α-hetero) is 1. The zero-order valence-electron chi connectivity index (χ0n) is 18.2. The van der Waals surface area contributed by atoms with Gasteiger partial charge in [0.1, 0.15) is 17.8 Å². The molecule has 0 unspecified atom stereocenters. The first-order valence-corrected chi connectivity index (χ1v) is 9.96. The minimum atomic E-state index is -4.48. The van der Waals surface area contributed by atoms with E-state index in [1.165, 1.54) is 44.8 Å². The van der Waals surface area contributed by atoms with Crippen LogP contribution in [0.1, 0.15) is 23.6 Å². The van der Waals surface area contributed by atoms with Crippen molar-refractivity contribution >= 4 is 23.5 Å². The summed E-state index contributed by atoms with van der Waals surface area (Å²) < 4.78 is 49.7. The van der Waals surface area contributed by atoms with Gasteiger partial charge in [0, 0.05) is 12.5 Å². The van der Waals surface area contributed by atoms with Crippen LogP contribution < -0.4 is 14.8 Å². The second-order valence-corrected chi connectivity index (χ2v) is 7.15. The van der Waals surface area contributed by atoms with E-state index >= 15 is 0 Å². The van der Waals surface area contributed by atoms with E-state index in [-0.39, 0.29) is 29.3 Å².